The standard InChI is InChI=1S/C21H27ClN2O/c1-21(2)20(25)24(23(21)12-13-3-6-17(22)7-4-13)19-8-5-14-9-15-10-16(19)11-18(14)15/h3-4,6-7,14-16,18-19H,5,8-12H2,1-2H3. The third-order valence-electron chi connectivity index (χ3n) is 7.57. The van der Waals surface area contributed by atoms with Crippen molar-refractivity contribution in [1.82, 2.24) is 10.0 Å². The summed E-state index contributed by atoms with van der Waals surface area (Å²) >= 11 is 6.03. The molecule has 1 aliphatic heterocycles. The number of hydrogen-bond acceptors (Lipinski definition) is 2. The van der Waals surface area contributed by atoms with Crippen LogP contribution in [0.5, 0.6) is 0 Å². The Labute approximate surface area is 155 Å². The van der Waals surface area contributed by atoms with Crippen molar-refractivity contribution in [1.29, 1.82) is 0 Å². The van der Waals surface area contributed by atoms with Crippen molar-refractivity contribution < 1.29 is 4.79 Å². The van der Waals surface area contributed by atoms with Crippen LogP contribution in [0, 0.1) is 23.7 Å². The number of carbonyl (C=O) groups is 1. The molecule has 134 valence electrons. The van der Waals surface area contributed by atoms with E-state index in [4.69, 9.17) is 11.6 Å². The molecule has 3 nitrogen and oxygen atoms in total. The molecule has 1 saturated heterocycles. The molecule has 1 aromatic carbocycles. The smallest absolute Gasteiger partial charge is 0.258 e. The van der Waals surface area contributed by atoms with Gasteiger partial charge in [-0.25, -0.2) is 0 Å². The molecule has 2 bridgehead atoms. The minimum atomic E-state index is -0.396. The minimum Gasteiger partial charge on any atom is -0.271 e. The summed E-state index contributed by atoms with van der Waals surface area (Å²) in [6.45, 7) is 4.91. The van der Waals surface area contributed by atoms with Crippen LogP contribution < -0.4 is 0 Å². The molecule has 5 unspecified atom stereocenters. The second kappa shape index (κ2) is 5.47. The molecule has 1 aromatic rings. The topological polar surface area (TPSA) is 23.6 Å². The summed E-state index contributed by atoms with van der Waals surface area (Å²) in [4.78, 5) is 13.0. The number of hydrazine groups is 1. The Kier molecular flexibility index (Phi) is 3.53. The number of rotatable bonds is 3. The molecule has 0 spiro atoms. The molecule has 3 aliphatic carbocycles. The van der Waals surface area contributed by atoms with E-state index in [1.807, 2.05) is 12.1 Å². The molecule has 0 N–H and O–H groups in total. The van der Waals surface area contributed by atoms with E-state index in [1.54, 1.807) is 0 Å². The van der Waals surface area contributed by atoms with Crippen molar-refractivity contribution in [2.75, 3.05) is 0 Å². The van der Waals surface area contributed by atoms with Crippen molar-refractivity contribution in [3.05, 3.63) is 34.9 Å². The van der Waals surface area contributed by atoms with E-state index in [0.717, 1.165) is 35.2 Å². The molecule has 4 heteroatoms. The maximum Gasteiger partial charge on any atom is 0.258 e. The molecule has 0 radical (unpaired) electrons. The number of hydrogen-bond donors (Lipinski definition) is 0. The van der Waals surface area contributed by atoms with Gasteiger partial charge in [0.15, 0.2) is 0 Å². The van der Waals surface area contributed by atoms with E-state index in [9.17, 15) is 4.79 Å². The zero-order chi connectivity index (χ0) is 17.3. The molecule has 1 amide bonds. The summed E-state index contributed by atoms with van der Waals surface area (Å²) in [5.41, 5.74) is 0.822. The number of fused-ring (bicyclic) bond motifs is 1. The van der Waals surface area contributed by atoms with E-state index in [2.05, 4.69) is 36.0 Å². The van der Waals surface area contributed by atoms with Gasteiger partial charge in [0.05, 0.1) is 6.04 Å². The molecule has 1 heterocycles. The first-order chi connectivity index (χ1) is 11.9. The Bertz CT molecular complexity index is 700. The van der Waals surface area contributed by atoms with Crippen molar-refractivity contribution in [2.24, 2.45) is 23.7 Å². The van der Waals surface area contributed by atoms with Crippen molar-refractivity contribution in [3.8, 4) is 0 Å². The van der Waals surface area contributed by atoms with Gasteiger partial charge >= 0.3 is 0 Å². The number of carbonyl (C=O) groups excluding carboxylic acids is 1. The van der Waals surface area contributed by atoms with Gasteiger partial charge in [-0.15, -0.1) is 0 Å². The largest absolute Gasteiger partial charge is 0.271 e. The highest BCUT2D eigenvalue weighted by Gasteiger charge is 2.59. The fourth-order valence-electron chi connectivity index (χ4n) is 6.10. The van der Waals surface area contributed by atoms with Crippen LogP contribution in [0.15, 0.2) is 24.3 Å². The Morgan fingerprint density at radius 2 is 1.76 bits per heavy atom. The van der Waals surface area contributed by atoms with Crippen molar-refractivity contribution in [3.63, 3.8) is 0 Å². The minimum absolute atomic E-state index is 0.311. The van der Waals surface area contributed by atoms with E-state index in [0.29, 0.717) is 11.9 Å². The van der Waals surface area contributed by atoms with Gasteiger partial charge in [-0.05, 0) is 87.3 Å². The second-order valence-corrected chi connectivity index (χ2v) is 9.63. The predicted molar refractivity (Wildman–Crippen MR) is 98.8 cm³/mol. The van der Waals surface area contributed by atoms with Gasteiger partial charge in [0.1, 0.15) is 5.54 Å². The van der Waals surface area contributed by atoms with Gasteiger partial charge in [0.2, 0.25) is 0 Å². The second-order valence-electron chi connectivity index (χ2n) is 9.19. The van der Waals surface area contributed by atoms with Gasteiger partial charge in [0, 0.05) is 11.6 Å². The fraction of sp³-hybridized carbons (Fsp3) is 0.667. The van der Waals surface area contributed by atoms with Gasteiger partial charge in [-0.2, -0.15) is 5.01 Å². The molecule has 5 rings (SSSR count). The third-order valence-corrected chi connectivity index (χ3v) is 7.82. The summed E-state index contributed by atoms with van der Waals surface area (Å²) in [5, 5.41) is 5.22. The monoisotopic (exact) mass is 358 g/mol. The lowest BCUT2D eigenvalue weighted by atomic mass is 9.64. The van der Waals surface area contributed by atoms with Crippen molar-refractivity contribution in [2.45, 2.75) is 64.1 Å². The first-order valence-corrected chi connectivity index (χ1v) is 10.2. The van der Waals surface area contributed by atoms with E-state index >= 15 is 0 Å². The lowest BCUT2D eigenvalue weighted by Gasteiger charge is -2.59. The highest BCUT2D eigenvalue weighted by molar-refractivity contribution is 6.30. The number of halogens is 1. The van der Waals surface area contributed by atoms with Gasteiger partial charge in [-0.3, -0.25) is 9.80 Å². The van der Waals surface area contributed by atoms with Crippen molar-refractivity contribution >= 4 is 17.5 Å². The zero-order valence-corrected chi connectivity index (χ0v) is 15.9. The summed E-state index contributed by atoms with van der Waals surface area (Å²) in [5.74, 6) is 3.92. The van der Waals surface area contributed by atoms with Gasteiger partial charge in [0.25, 0.3) is 5.91 Å². The van der Waals surface area contributed by atoms with Gasteiger partial charge in [-0.1, -0.05) is 23.7 Å². The normalized spacial score (nSPS) is 38.9. The molecule has 4 fully saturated rings. The third kappa shape index (κ3) is 2.31. The molecular formula is C21H27ClN2O. The lowest BCUT2D eigenvalue weighted by molar-refractivity contribution is -0.234. The maximum atomic E-state index is 13.0. The molecule has 25 heavy (non-hydrogen) atoms. The Morgan fingerprint density at radius 3 is 2.52 bits per heavy atom. The SMILES string of the molecule is CC1(C)C(=O)N(C2CCC3CC4CC2CC34)N1Cc1ccc(Cl)cc1. The highest BCUT2D eigenvalue weighted by Crippen LogP contribution is 2.59. The number of nitrogens with zero attached hydrogens (tertiary/aromatic N) is 2. The average Bonchev–Trinajstić information content (AvgIpc) is 2.82. The summed E-state index contributed by atoms with van der Waals surface area (Å²) in [6.07, 6.45) is 6.68. The first-order valence-electron chi connectivity index (χ1n) is 9.81. The Balaban J connectivity index is 1.39. The van der Waals surface area contributed by atoms with Crippen LogP contribution in [-0.2, 0) is 11.3 Å². The van der Waals surface area contributed by atoms with Crippen LogP contribution in [0.4, 0.5) is 0 Å². The lowest BCUT2D eigenvalue weighted by Crippen LogP contribution is -2.77. The van der Waals surface area contributed by atoms with E-state index < -0.39 is 5.54 Å². The number of benzene rings is 1. The Morgan fingerprint density at radius 1 is 1.04 bits per heavy atom. The van der Waals surface area contributed by atoms with Crippen LogP contribution in [0.2, 0.25) is 5.02 Å². The summed E-state index contributed by atoms with van der Waals surface area (Å²) in [7, 11) is 0. The molecule has 0 aromatic heterocycles. The van der Waals surface area contributed by atoms with Crippen LogP contribution in [0.3, 0.4) is 0 Å². The van der Waals surface area contributed by atoms with Gasteiger partial charge < -0.3 is 0 Å². The van der Waals surface area contributed by atoms with E-state index in [-0.39, 0.29) is 0 Å². The summed E-state index contributed by atoms with van der Waals surface area (Å²) < 4.78 is 0. The average molecular weight is 359 g/mol. The highest BCUT2D eigenvalue weighted by atomic mass is 35.5. The van der Waals surface area contributed by atoms with Crippen LogP contribution >= 0.6 is 11.6 Å². The molecule has 5 atom stereocenters. The Hall–Kier alpha value is -1.06. The van der Waals surface area contributed by atoms with Crippen LogP contribution in [0.1, 0.15) is 51.5 Å². The zero-order valence-electron chi connectivity index (χ0n) is 15.1. The predicted octanol–water partition coefficient (Wildman–Crippen LogP) is 4.50. The first kappa shape index (κ1) is 16.1. The molecule has 3 saturated carbocycles. The molecular weight excluding hydrogens is 332 g/mol. The van der Waals surface area contributed by atoms with Crippen LogP contribution in [-0.4, -0.2) is 27.5 Å². The quantitative estimate of drug-likeness (QED) is 0.794. The maximum absolute atomic E-state index is 13.0. The molecule has 4 aliphatic rings. The van der Waals surface area contributed by atoms with E-state index in [1.165, 1.54) is 37.7 Å². The fourth-order valence-corrected chi connectivity index (χ4v) is 6.22. The summed E-state index contributed by atoms with van der Waals surface area (Å²) in [6, 6.07) is 8.46. The number of amides is 1. The van der Waals surface area contributed by atoms with Crippen LogP contribution in [0.25, 0.3) is 0 Å².